The van der Waals surface area contributed by atoms with E-state index in [4.69, 9.17) is 4.74 Å². The molecule has 0 amide bonds. The molecule has 0 aromatic carbocycles. The number of hydrogen-bond acceptors (Lipinski definition) is 3. The lowest BCUT2D eigenvalue weighted by molar-refractivity contribution is 0.288. The molecule has 9 heavy (non-hydrogen) atoms. The van der Waals surface area contributed by atoms with E-state index in [-0.39, 0.29) is 0 Å². The zero-order valence-electron chi connectivity index (χ0n) is 5.55. The Morgan fingerprint density at radius 2 is 2.22 bits per heavy atom. The Morgan fingerprint density at radius 1 is 1.56 bits per heavy atom. The van der Waals surface area contributed by atoms with E-state index in [0.29, 0.717) is 18.4 Å². The molecule has 3 nitrogen and oxygen atoms in total. The van der Waals surface area contributed by atoms with Gasteiger partial charge in [0.15, 0.2) is 0 Å². The van der Waals surface area contributed by atoms with Crippen LogP contribution in [0.4, 0.5) is 0 Å². The van der Waals surface area contributed by atoms with E-state index in [1.807, 2.05) is 0 Å². The van der Waals surface area contributed by atoms with Gasteiger partial charge < -0.3 is 10.1 Å². The van der Waals surface area contributed by atoms with E-state index in [2.05, 4.69) is 17.6 Å². The minimum atomic E-state index is 0.358. The van der Waals surface area contributed by atoms with E-state index >= 15 is 0 Å². The first-order valence-corrected chi connectivity index (χ1v) is 3.48. The van der Waals surface area contributed by atoms with Crippen molar-refractivity contribution >= 4 is 0 Å². The summed E-state index contributed by atoms with van der Waals surface area (Å²) in [6.07, 6.45) is 0.808. The smallest absolute Gasteiger partial charge is 0.135 e. The zero-order chi connectivity index (χ0) is 6.27. The van der Waals surface area contributed by atoms with Crippen LogP contribution < -0.4 is 10.6 Å². The number of epoxide rings is 1. The zero-order valence-corrected chi connectivity index (χ0v) is 5.55. The van der Waals surface area contributed by atoms with Crippen molar-refractivity contribution in [3.8, 4) is 0 Å². The van der Waals surface area contributed by atoms with Gasteiger partial charge in [-0.2, -0.15) is 0 Å². The second-order valence-electron chi connectivity index (χ2n) is 2.78. The van der Waals surface area contributed by atoms with Gasteiger partial charge in [0, 0.05) is 19.1 Å². The van der Waals surface area contributed by atoms with Crippen molar-refractivity contribution in [3.63, 3.8) is 0 Å². The average Bonchev–Trinajstić information content (AvgIpc) is 2.36. The van der Waals surface area contributed by atoms with Gasteiger partial charge >= 0.3 is 0 Å². The molecule has 2 saturated heterocycles. The second kappa shape index (κ2) is 1.94. The lowest BCUT2D eigenvalue weighted by Gasteiger charge is -2.27. The van der Waals surface area contributed by atoms with E-state index < -0.39 is 0 Å². The topological polar surface area (TPSA) is 36.6 Å². The Balaban J connectivity index is 1.66. The van der Waals surface area contributed by atoms with Crippen LogP contribution in [0.5, 0.6) is 0 Å². The molecule has 2 aliphatic rings. The SMILES string of the molecule is CC1OC1NC1CNC1. The van der Waals surface area contributed by atoms with Crippen LogP contribution in [0.2, 0.25) is 0 Å². The van der Waals surface area contributed by atoms with Crippen molar-refractivity contribution in [2.75, 3.05) is 13.1 Å². The summed E-state index contributed by atoms with van der Waals surface area (Å²) in [4.78, 5) is 0. The summed E-state index contributed by atoms with van der Waals surface area (Å²) in [5.74, 6) is 0. The summed E-state index contributed by atoms with van der Waals surface area (Å²) in [7, 11) is 0. The Labute approximate surface area is 54.8 Å². The van der Waals surface area contributed by atoms with Crippen molar-refractivity contribution in [2.24, 2.45) is 0 Å². The summed E-state index contributed by atoms with van der Waals surface area (Å²) in [6, 6.07) is 0.667. The molecular formula is C6H12N2O. The van der Waals surface area contributed by atoms with Gasteiger partial charge in [-0.1, -0.05) is 0 Å². The fourth-order valence-corrected chi connectivity index (χ4v) is 1.000. The molecule has 2 fully saturated rings. The summed E-state index contributed by atoms with van der Waals surface area (Å²) in [5, 5.41) is 6.55. The van der Waals surface area contributed by atoms with Gasteiger partial charge in [0.2, 0.25) is 0 Å². The molecular weight excluding hydrogens is 116 g/mol. The first-order valence-electron chi connectivity index (χ1n) is 3.48. The van der Waals surface area contributed by atoms with Crippen LogP contribution in [0, 0.1) is 0 Å². The second-order valence-corrected chi connectivity index (χ2v) is 2.78. The van der Waals surface area contributed by atoms with Crippen LogP contribution in [0.15, 0.2) is 0 Å². The number of nitrogens with one attached hydrogen (secondary N) is 2. The maximum absolute atomic E-state index is 5.18. The van der Waals surface area contributed by atoms with Crippen LogP contribution in [-0.4, -0.2) is 31.5 Å². The molecule has 0 radical (unpaired) electrons. The summed E-state index contributed by atoms with van der Waals surface area (Å²) in [5.41, 5.74) is 0. The molecule has 2 heterocycles. The summed E-state index contributed by atoms with van der Waals surface area (Å²) in [6.45, 7) is 4.29. The minimum absolute atomic E-state index is 0.358. The molecule has 2 aliphatic heterocycles. The van der Waals surface area contributed by atoms with Crippen molar-refractivity contribution in [3.05, 3.63) is 0 Å². The molecule has 0 bridgehead atoms. The molecule has 0 aromatic rings. The van der Waals surface area contributed by atoms with Gasteiger partial charge in [0.05, 0.1) is 6.10 Å². The quantitative estimate of drug-likeness (QED) is 0.482. The van der Waals surface area contributed by atoms with Crippen LogP contribution in [-0.2, 0) is 4.74 Å². The van der Waals surface area contributed by atoms with E-state index in [0.717, 1.165) is 13.1 Å². The minimum Gasteiger partial charge on any atom is -0.354 e. The molecule has 0 aromatic heterocycles. The van der Waals surface area contributed by atoms with Crippen molar-refractivity contribution in [1.82, 2.24) is 10.6 Å². The van der Waals surface area contributed by atoms with Gasteiger partial charge in [0.25, 0.3) is 0 Å². The number of hydrogen-bond donors (Lipinski definition) is 2. The van der Waals surface area contributed by atoms with Crippen molar-refractivity contribution in [2.45, 2.75) is 25.3 Å². The highest BCUT2D eigenvalue weighted by atomic mass is 16.6. The third kappa shape index (κ3) is 1.08. The molecule has 0 aliphatic carbocycles. The maximum Gasteiger partial charge on any atom is 0.135 e. The fourth-order valence-electron chi connectivity index (χ4n) is 1.000. The van der Waals surface area contributed by atoms with Crippen LogP contribution in [0.1, 0.15) is 6.92 Å². The summed E-state index contributed by atoms with van der Waals surface area (Å²) < 4.78 is 5.18. The van der Waals surface area contributed by atoms with Crippen LogP contribution in [0.25, 0.3) is 0 Å². The molecule has 2 atom stereocenters. The predicted octanol–water partition coefficient (Wildman–Crippen LogP) is -0.707. The third-order valence-corrected chi connectivity index (χ3v) is 1.89. The number of rotatable bonds is 2. The molecule has 2 unspecified atom stereocenters. The Hall–Kier alpha value is -0.120. The van der Waals surface area contributed by atoms with E-state index in [9.17, 15) is 0 Å². The number of ether oxygens (including phenoxy) is 1. The van der Waals surface area contributed by atoms with Gasteiger partial charge in [-0.3, -0.25) is 5.32 Å². The molecule has 52 valence electrons. The van der Waals surface area contributed by atoms with Gasteiger partial charge in [-0.25, -0.2) is 0 Å². The molecule has 0 spiro atoms. The largest absolute Gasteiger partial charge is 0.354 e. The third-order valence-electron chi connectivity index (χ3n) is 1.89. The predicted molar refractivity (Wildman–Crippen MR) is 34.1 cm³/mol. The normalized spacial score (nSPS) is 42.3. The first-order chi connectivity index (χ1) is 4.36. The Morgan fingerprint density at radius 3 is 2.56 bits per heavy atom. The van der Waals surface area contributed by atoms with Crippen LogP contribution >= 0.6 is 0 Å². The highest BCUT2D eigenvalue weighted by molar-refractivity contribution is 4.88. The van der Waals surface area contributed by atoms with Gasteiger partial charge in [0.1, 0.15) is 6.23 Å². The fraction of sp³-hybridized carbons (Fsp3) is 1.00. The first kappa shape index (κ1) is 5.65. The molecule has 2 rings (SSSR count). The molecule has 2 N–H and O–H groups in total. The van der Waals surface area contributed by atoms with E-state index in [1.54, 1.807) is 0 Å². The lowest BCUT2D eigenvalue weighted by atomic mass is 10.2. The average molecular weight is 128 g/mol. The highest BCUT2D eigenvalue weighted by Gasteiger charge is 2.36. The summed E-state index contributed by atoms with van der Waals surface area (Å²) >= 11 is 0. The highest BCUT2D eigenvalue weighted by Crippen LogP contribution is 2.18. The van der Waals surface area contributed by atoms with Crippen molar-refractivity contribution < 1.29 is 4.74 Å². The molecule has 0 saturated carbocycles. The van der Waals surface area contributed by atoms with Crippen molar-refractivity contribution in [1.29, 1.82) is 0 Å². The standard InChI is InChI=1S/C6H12N2O/c1-4-6(9-4)8-5-2-7-3-5/h4-8H,2-3H2,1H3. The van der Waals surface area contributed by atoms with E-state index in [1.165, 1.54) is 0 Å². The molecule has 3 heteroatoms. The Bertz CT molecular complexity index is 111. The van der Waals surface area contributed by atoms with Crippen LogP contribution in [0.3, 0.4) is 0 Å². The van der Waals surface area contributed by atoms with Gasteiger partial charge in [-0.15, -0.1) is 0 Å². The van der Waals surface area contributed by atoms with Gasteiger partial charge in [-0.05, 0) is 6.92 Å². The lowest BCUT2D eigenvalue weighted by Crippen LogP contribution is -2.56. The maximum atomic E-state index is 5.18. The Kier molecular flexibility index (Phi) is 1.22. The monoisotopic (exact) mass is 128 g/mol.